The fraction of sp³-hybridized carbons (Fsp3) is 0.273. The van der Waals surface area contributed by atoms with Crippen LogP contribution in [-0.4, -0.2) is 36.5 Å². The molecule has 0 heterocycles. The van der Waals surface area contributed by atoms with Crippen molar-refractivity contribution in [3.63, 3.8) is 0 Å². The summed E-state index contributed by atoms with van der Waals surface area (Å²) in [6, 6.07) is 6.92. The molecule has 4 heteroatoms. The average molecular weight is 209 g/mol. The molecule has 0 fully saturated rings. The fourth-order valence-corrected chi connectivity index (χ4v) is 0.813. The zero-order valence-electron chi connectivity index (χ0n) is 9.10. The van der Waals surface area contributed by atoms with Crippen molar-refractivity contribution in [3.8, 4) is 0 Å². The highest BCUT2D eigenvalue weighted by Gasteiger charge is 2.02. The van der Waals surface area contributed by atoms with E-state index in [9.17, 15) is 9.59 Å². The van der Waals surface area contributed by atoms with Crippen molar-refractivity contribution in [2.45, 2.75) is 6.92 Å². The van der Waals surface area contributed by atoms with E-state index in [1.165, 1.54) is 4.90 Å². The zero-order valence-corrected chi connectivity index (χ0v) is 9.10. The summed E-state index contributed by atoms with van der Waals surface area (Å²) in [5, 5.41) is 8.57. The van der Waals surface area contributed by atoms with Crippen LogP contribution in [0.3, 0.4) is 0 Å². The number of aryl methyl sites for hydroxylation is 1. The molecule has 4 nitrogen and oxygen atoms in total. The summed E-state index contributed by atoms with van der Waals surface area (Å²) in [4.78, 5) is 21.3. The molecule has 1 amide bonds. The van der Waals surface area contributed by atoms with Crippen molar-refractivity contribution in [3.05, 3.63) is 35.4 Å². The summed E-state index contributed by atoms with van der Waals surface area (Å²) in [6.07, 6.45) is 0.750. The highest BCUT2D eigenvalue weighted by atomic mass is 16.4. The second-order valence-electron chi connectivity index (χ2n) is 3.19. The van der Waals surface area contributed by atoms with E-state index in [-0.39, 0.29) is 0 Å². The molecule has 0 spiro atoms. The number of carboxylic acid groups (broad SMARTS) is 1. The van der Waals surface area contributed by atoms with E-state index in [0.29, 0.717) is 5.56 Å². The third-order valence-electron chi connectivity index (χ3n) is 1.59. The number of carboxylic acids is 1. The molecule has 1 N–H and O–H groups in total. The molecule has 0 aliphatic carbocycles. The van der Waals surface area contributed by atoms with Gasteiger partial charge < -0.3 is 10.0 Å². The van der Waals surface area contributed by atoms with Crippen LogP contribution in [0.1, 0.15) is 15.9 Å². The van der Waals surface area contributed by atoms with Gasteiger partial charge >= 0.3 is 5.97 Å². The van der Waals surface area contributed by atoms with Gasteiger partial charge in [0.15, 0.2) is 0 Å². The molecular formula is C11H15NO3. The monoisotopic (exact) mass is 209 g/mol. The Kier molecular flexibility index (Phi) is 5.78. The van der Waals surface area contributed by atoms with Gasteiger partial charge in [-0.3, -0.25) is 4.79 Å². The van der Waals surface area contributed by atoms with Gasteiger partial charge in [0.2, 0.25) is 6.41 Å². The van der Waals surface area contributed by atoms with Gasteiger partial charge in [0.05, 0.1) is 5.56 Å². The van der Waals surface area contributed by atoms with Crippen LogP contribution >= 0.6 is 0 Å². The molecule has 0 unspecified atom stereocenters. The smallest absolute Gasteiger partial charge is 0.335 e. The topological polar surface area (TPSA) is 57.6 Å². The van der Waals surface area contributed by atoms with Gasteiger partial charge in [0.25, 0.3) is 0 Å². The quantitative estimate of drug-likeness (QED) is 0.749. The third kappa shape index (κ3) is 5.46. The van der Waals surface area contributed by atoms with Crippen LogP contribution in [0.4, 0.5) is 0 Å². The first-order valence-electron chi connectivity index (χ1n) is 4.39. The number of benzene rings is 1. The fourth-order valence-electron chi connectivity index (χ4n) is 0.813. The number of nitrogens with zero attached hydrogens (tertiary/aromatic N) is 1. The first-order valence-corrected chi connectivity index (χ1v) is 4.39. The molecular weight excluding hydrogens is 194 g/mol. The van der Waals surface area contributed by atoms with Crippen molar-refractivity contribution in [1.82, 2.24) is 4.90 Å². The largest absolute Gasteiger partial charge is 0.478 e. The minimum Gasteiger partial charge on any atom is -0.478 e. The van der Waals surface area contributed by atoms with E-state index < -0.39 is 5.97 Å². The lowest BCUT2D eigenvalue weighted by atomic mass is 10.1. The van der Waals surface area contributed by atoms with Gasteiger partial charge in [-0.05, 0) is 18.6 Å². The number of hydrogen-bond donors (Lipinski definition) is 1. The molecule has 0 atom stereocenters. The van der Waals surface area contributed by atoms with Crippen LogP contribution in [0, 0.1) is 6.92 Å². The maximum absolute atomic E-state index is 10.4. The number of rotatable bonds is 2. The lowest BCUT2D eigenvalue weighted by Crippen LogP contribution is -2.06. The number of hydrogen-bond acceptors (Lipinski definition) is 2. The van der Waals surface area contributed by atoms with E-state index in [2.05, 4.69) is 0 Å². The number of amides is 1. The number of aromatic carboxylic acids is 1. The third-order valence-corrected chi connectivity index (χ3v) is 1.59. The second-order valence-corrected chi connectivity index (χ2v) is 3.19. The van der Waals surface area contributed by atoms with Gasteiger partial charge in [-0.1, -0.05) is 18.2 Å². The predicted molar refractivity (Wildman–Crippen MR) is 57.9 cm³/mol. The Balaban J connectivity index is 0.000000336. The minimum absolute atomic E-state index is 0.377. The van der Waals surface area contributed by atoms with E-state index in [1.54, 1.807) is 39.2 Å². The van der Waals surface area contributed by atoms with E-state index in [0.717, 1.165) is 12.0 Å². The summed E-state index contributed by atoms with van der Waals surface area (Å²) in [5.41, 5.74) is 1.18. The molecule has 82 valence electrons. The normalized spacial score (nSPS) is 8.47. The van der Waals surface area contributed by atoms with E-state index in [4.69, 9.17) is 5.11 Å². The van der Waals surface area contributed by atoms with Gasteiger partial charge in [-0.2, -0.15) is 0 Å². The van der Waals surface area contributed by atoms with Gasteiger partial charge in [0, 0.05) is 14.1 Å². The summed E-state index contributed by atoms with van der Waals surface area (Å²) in [7, 11) is 3.38. The lowest BCUT2D eigenvalue weighted by Gasteiger charge is -1.96. The van der Waals surface area contributed by atoms with Crippen LogP contribution in [0.25, 0.3) is 0 Å². The van der Waals surface area contributed by atoms with Crippen molar-refractivity contribution >= 4 is 12.4 Å². The summed E-state index contributed by atoms with van der Waals surface area (Å²) >= 11 is 0. The molecule has 1 aromatic rings. The van der Waals surface area contributed by atoms with Crippen molar-refractivity contribution in [2.24, 2.45) is 0 Å². The molecule has 1 rings (SSSR count). The molecule has 1 aromatic carbocycles. The molecule has 0 saturated carbocycles. The van der Waals surface area contributed by atoms with Crippen molar-refractivity contribution in [2.75, 3.05) is 14.1 Å². The molecule has 0 aromatic heterocycles. The average Bonchev–Trinajstić information content (AvgIpc) is 2.19. The van der Waals surface area contributed by atoms with E-state index in [1.807, 2.05) is 6.07 Å². The maximum Gasteiger partial charge on any atom is 0.335 e. The Morgan fingerprint density at radius 2 is 1.80 bits per heavy atom. The first-order chi connectivity index (χ1) is 6.99. The minimum atomic E-state index is -0.863. The molecule has 0 aliphatic heterocycles. The lowest BCUT2D eigenvalue weighted by molar-refractivity contribution is -0.115. The van der Waals surface area contributed by atoms with Crippen LogP contribution in [0.5, 0.6) is 0 Å². The highest BCUT2D eigenvalue weighted by Crippen LogP contribution is 2.05. The summed E-state index contributed by atoms with van der Waals surface area (Å²) in [5.74, 6) is -0.863. The first kappa shape index (κ1) is 13.2. The van der Waals surface area contributed by atoms with Crippen molar-refractivity contribution < 1.29 is 14.7 Å². The molecule has 0 bridgehead atoms. The molecule has 15 heavy (non-hydrogen) atoms. The molecule has 0 aliphatic rings. The van der Waals surface area contributed by atoms with Gasteiger partial charge in [-0.25, -0.2) is 4.79 Å². The maximum atomic E-state index is 10.4. The predicted octanol–water partition coefficient (Wildman–Crippen LogP) is 1.40. The second kappa shape index (κ2) is 6.59. The van der Waals surface area contributed by atoms with Crippen LogP contribution in [0.2, 0.25) is 0 Å². The molecule has 0 saturated heterocycles. The van der Waals surface area contributed by atoms with Gasteiger partial charge in [0.1, 0.15) is 0 Å². The summed E-state index contributed by atoms with van der Waals surface area (Å²) in [6.45, 7) is 1.78. The zero-order chi connectivity index (χ0) is 11.8. The Morgan fingerprint density at radius 3 is 2.07 bits per heavy atom. The Hall–Kier alpha value is -1.84. The Morgan fingerprint density at radius 1 is 1.33 bits per heavy atom. The highest BCUT2D eigenvalue weighted by molar-refractivity contribution is 5.89. The Bertz CT molecular complexity index is 334. The Labute approximate surface area is 89.1 Å². The van der Waals surface area contributed by atoms with Crippen molar-refractivity contribution in [1.29, 1.82) is 0 Å². The van der Waals surface area contributed by atoms with Crippen LogP contribution in [0.15, 0.2) is 24.3 Å². The van der Waals surface area contributed by atoms with Crippen LogP contribution in [-0.2, 0) is 4.79 Å². The van der Waals surface area contributed by atoms with E-state index >= 15 is 0 Å². The van der Waals surface area contributed by atoms with Gasteiger partial charge in [-0.15, -0.1) is 0 Å². The summed E-state index contributed by atoms with van der Waals surface area (Å²) < 4.78 is 0. The standard InChI is InChI=1S/C8H8O2.C3H7NO/c1-6-4-2-3-5-7(6)8(9)10;1-4(2)3-5/h2-5H,1H3,(H,9,10);3H,1-2H3. The molecule has 0 radical (unpaired) electrons. The SMILES string of the molecule is CN(C)C=O.Cc1ccccc1C(=O)O. The van der Waals surface area contributed by atoms with Crippen LogP contribution < -0.4 is 0 Å². The number of carbonyl (C=O) groups is 2. The number of carbonyl (C=O) groups excluding carboxylic acids is 1.